The van der Waals surface area contributed by atoms with Crippen LogP contribution in [-0.4, -0.2) is 24.7 Å². The summed E-state index contributed by atoms with van der Waals surface area (Å²) in [5.41, 5.74) is -2.56. The standard InChI is InChI=1S/C26H24F5NO4/c1-5-35-16(4)20(26(29,30)31)13-19(15(2)3)24(33)32-18-11-21(27)23(22(28)12-18)25(34)36-14-17-9-7-6-8-10-17/h6-13H,2,5,14H2,1,3-4H3,(H,32,33). The van der Waals surface area contributed by atoms with Crippen molar-refractivity contribution in [1.82, 2.24) is 0 Å². The predicted molar refractivity (Wildman–Crippen MR) is 124 cm³/mol. The third-order valence-electron chi connectivity index (χ3n) is 4.76. The Labute approximate surface area is 204 Å². The van der Waals surface area contributed by atoms with E-state index in [2.05, 4.69) is 11.9 Å². The SMILES string of the molecule is C=C(C)C(=CC(=C(C)OCC)C(F)(F)F)C(=O)Nc1cc(F)c(C(=O)OCc2ccccc2)c(F)c1. The molecule has 192 valence electrons. The van der Waals surface area contributed by atoms with Gasteiger partial charge < -0.3 is 14.8 Å². The first-order valence-corrected chi connectivity index (χ1v) is 10.6. The lowest BCUT2D eigenvalue weighted by Crippen LogP contribution is -2.19. The van der Waals surface area contributed by atoms with Crippen LogP contribution in [0, 0.1) is 11.6 Å². The van der Waals surface area contributed by atoms with Crippen LogP contribution in [0.4, 0.5) is 27.6 Å². The molecule has 2 rings (SSSR count). The highest BCUT2D eigenvalue weighted by molar-refractivity contribution is 6.07. The lowest BCUT2D eigenvalue weighted by molar-refractivity contribution is -0.112. The zero-order valence-electron chi connectivity index (χ0n) is 19.8. The van der Waals surface area contributed by atoms with Crippen LogP contribution in [0.5, 0.6) is 0 Å². The van der Waals surface area contributed by atoms with Gasteiger partial charge in [-0.2, -0.15) is 13.2 Å². The summed E-state index contributed by atoms with van der Waals surface area (Å²) in [6.45, 7) is 7.14. The zero-order chi connectivity index (χ0) is 27.0. The minimum atomic E-state index is -4.85. The Morgan fingerprint density at radius 1 is 1.03 bits per heavy atom. The van der Waals surface area contributed by atoms with Gasteiger partial charge in [-0.05, 0) is 50.1 Å². The first kappa shape index (κ1) is 28.3. The number of allylic oxidation sites excluding steroid dienone is 3. The average Bonchev–Trinajstić information content (AvgIpc) is 2.77. The highest BCUT2D eigenvalue weighted by Crippen LogP contribution is 2.32. The van der Waals surface area contributed by atoms with E-state index >= 15 is 0 Å². The molecule has 1 N–H and O–H groups in total. The number of carbonyl (C=O) groups excluding carboxylic acids is 2. The number of rotatable bonds is 9. The smallest absolute Gasteiger partial charge is 0.419 e. The van der Waals surface area contributed by atoms with Crippen LogP contribution in [-0.2, 0) is 20.9 Å². The monoisotopic (exact) mass is 509 g/mol. The van der Waals surface area contributed by atoms with Gasteiger partial charge in [-0.15, -0.1) is 0 Å². The van der Waals surface area contributed by atoms with Crippen LogP contribution >= 0.6 is 0 Å². The lowest BCUT2D eigenvalue weighted by atomic mass is 10.0. The van der Waals surface area contributed by atoms with Gasteiger partial charge in [0.2, 0.25) is 0 Å². The summed E-state index contributed by atoms with van der Waals surface area (Å²) in [7, 11) is 0. The fourth-order valence-electron chi connectivity index (χ4n) is 3.04. The van der Waals surface area contributed by atoms with Crippen molar-refractivity contribution in [2.75, 3.05) is 11.9 Å². The predicted octanol–water partition coefficient (Wildman–Crippen LogP) is 6.64. The Morgan fingerprint density at radius 3 is 2.11 bits per heavy atom. The molecule has 0 unspecified atom stereocenters. The van der Waals surface area contributed by atoms with Crippen LogP contribution in [0.15, 0.2) is 77.6 Å². The normalized spacial score (nSPS) is 12.5. The first-order chi connectivity index (χ1) is 16.8. The molecule has 0 aliphatic rings. The Balaban J connectivity index is 2.30. The van der Waals surface area contributed by atoms with E-state index < -0.39 is 57.8 Å². The molecule has 0 radical (unpaired) electrons. The second-order valence-electron chi connectivity index (χ2n) is 7.57. The minimum Gasteiger partial charge on any atom is -0.498 e. The van der Waals surface area contributed by atoms with Crippen LogP contribution < -0.4 is 5.32 Å². The molecule has 1 amide bonds. The molecule has 0 saturated carbocycles. The summed E-state index contributed by atoms with van der Waals surface area (Å²) in [5, 5.41) is 2.13. The number of ether oxygens (including phenoxy) is 2. The van der Waals surface area contributed by atoms with Crippen LogP contribution in [0.2, 0.25) is 0 Å². The lowest BCUT2D eigenvalue weighted by Gasteiger charge is -2.15. The van der Waals surface area contributed by atoms with Gasteiger partial charge in [0.05, 0.1) is 12.2 Å². The van der Waals surface area contributed by atoms with Crippen molar-refractivity contribution in [2.24, 2.45) is 0 Å². The van der Waals surface area contributed by atoms with E-state index in [0.29, 0.717) is 23.8 Å². The van der Waals surface area contributed by atoms with Gasteiger partial charge >= 0.3 is 12.1 Å². The van der Waals surface area contributed by atoms with E-state index in [-0.39, 0.29) is 18.8 Å². The molecule has 0 saturated heterocycles. The number of amides is 1. The summed E-state index contributed by atoms with van der Waals surface area (Å²) in [5.74, 6) is -5.49. The van der Waals surface area contributed by atoms with Crippen molar-refractivity contribution < 1.29 is 41.0 Å². The molecule has 0 aromatic heterocycles. The number of benzene rings is 2. The maximum absolute atomic E-state index is 14.6. The van der Waals surface area contributed by atoms with E-state index in [9.17, 15) is 31.5 Å². The van der Waals surface area contributed by atoms with Gasteiger partial charge in [0.1, 0.15) is 29.6 Å². The Bertz CT molecular complexity index is 1180. The van der Waals surface area contributed by atoms with Gasteiger partial charge in [-0.1, -0.05) is 36.9 Å². The Morgan fingerprint density at radius 2 is 1.61 bits per heavy atom. The van der Waals surface area contributed by atoms with Crippen LogP contribution in [0.25, 0.3) is 0 Å². The van der Waals surface area contributed by atoms with Gasteiger partial charge in [0, 0.05) is 11.3 Å². The molecule has 0 heterocycles. The number of esters is 1. The van der Waals surface area contributed by atoms with Gasteiger partial charge in [-0.25, -0.2) is 13.6 Å². The maximum Gasteiger partial charge on any atom is 0.419 e. The third-order valence-corrected chi connectivity index (χ3v) is 4.76. The van der Waals surface area contributed by atoms with Crippen LogP contribution in [0.3, 0.4) is 0 Å². The fraction of sp³-hybridized carbons (Fsp3) is 0.231. The fourth-order valence-corrected chi connectivity index (χ4v) is 3.04. The summed E-state index contributed by atoms with van der Waals surface area (Å²) in [4.78, 5) is 24.9. The number of halogens is 5. The molecule has 0 atom stereocenters. The highest BCUT2D eigenvalue weighted by Gasteiger charge is 2.36. The van der Waals surface area contributed by atoms with Gasteiger partial charge in [-0.3, -0.25) is 4.79 Å². The van der Waals surface area contributed by atoms with E-state index in [1.807, 2.05) is 0 Å². The second kappa shape index (κ2) is 12.1. The minimum absolute atomic E-state index is 0.0352. The van der Waals surface area contributed by atoms with E-state index in [0.717, 1.165) is 6.92 Å². The van der Waals surface area contributed by atoms with Crippen molar-refractivity contribution in [2.45, 2.75) is 33.6 Å². The molecular weight excluding hydrogens is 485 g/mol. The van der Waals surface area contributed by atoms with Crippen molar-refractivity contribution in [3.05, 3.63) is 100 Å². The summed E-state index contributed by atoms with van der Waals surface area (Å²) < 4.78 is 79.5. The first-order valence-electron chi connectivity index (χ1n) is 10.6. The molecule has 2 aromatic rings. The average molecular weight is 509 g/mol. The third kappa shape index (κ3) is 7.53. The molecule has 0 aliphatic carbocycles. The van der Waals surface area contributed by atoms with Gasteiger partial charge in [0.15, 0.2) is 0 Å². The maximum atomic E-state index is 14.6. The molecule has 2 aromatic carbocycles. The van der Waals surface area contributed by atoms with Gasteiger partial charge in [0.25, 0.3) is 5.91 Å². The van der Waals surface area contributed by atoms with E-state index in [4.69, 9.17) is 9.47 Å². The topological polar surface area (TPSA) is 64.6 Å². The summed E-state index contributed by atoms with van der Waals surface area (Å²) in [6.07, 6.45) is -4.30. The molecule has 36 heavy (non-hydrogen) atoms. The van der Waals surface area contributed by atoms with Crippen molar-refractivity contribution >= 4 is 17.6 Å². The Hall–Kier alpha value is -3.95. The number of alkyl halides is 3. The number of hydrogen-bond acceptors (Lipinski definition) is 4. The highest BCUT2D eigenvalue weighted by atomic mass is 19.4. The van der Waals surface area contributed by atoms with E-state index in [1.165, 1.54) is 13.8 Å². The molecule has 0 spiro atoms. The van der Waals surface area contributed by atoms with E-state index in [1.54, 1.807) is 30.3 Å². The number of anilines is 1. The quantitative estimate of drug-likeness (QED) is 0.135. The molecule has 10 heteroatoms. The van der Waals surface area contributed by atoms with Crippen molar-refractivity contribution in [1.29, 1.82) is 0 Å². The largest absolute Gasteiger partial charge is 0.498 e. The summed E-state index contributed by atoms with van der Waals surface area (Å²) in [6, 6.07) is 9.75. The number of hydrogen-bond donors (Lipinski definition) is 1. The van der Waals surface area contributed by atoms with Crippen molar-refractivity contribution in [3.8, 4) is 0 Å². The summed E-state index contributed by atoms with van der Waals surface area (Å²) >= 11 is 0. The molecule has 0 bridgehead atoms. The number of carbonyl (C=O) groups is 2. The second-order valence-corrected chi connectivity index (χ2v) is 7.57. The molecular formula is C26H24F5NO4. The number of nitrogens with one attached hydrogen (secondary N) is 1. The molecule has 0 fully saturated rings. The van der Waals surface area contributed by atoms with Crippen LogP contribution in [0.1, 0.15) is 36.7 Å². The zero-order valence-corrected chi connectivity index (χ0v) is 19.8. The Kier molecular flexibility index (Phi) is 9.54. The molecule has 5 nitrogen and oxygen atoms in total. The molecule has 0 aliphatic heterocycles. The van der Waals surface area contributed by atoms with Crippen molar-refractivity contribution in [3.63, 3.8) is 0 Å².